The van der Waals surface area contributed by atoms with Gasteiger partial charge in [0.15, 0.2) is 5.16 Å². The molecule has 5 aromatic rings. The zero-order valence-corrected chi connectivity index (χ0v) is 20.3. The lowest BCUT2D eigenvalue weighted by Gasteiger charge is -2.13. The number of rotatable bonds is 7. The van der Waals surface area contributed by atoms with Crippen molar-refractivity contribution < 1.29 is 4.79 Å². The number of aromatic nitrogens is 4. The van der Waals surface area contributed by atoms with Gasteiger partial charge in [0.25, 0.3) is 11.5 Å². The number of nitrogens with zero attached hydrogens (tertiary/aromatic N) is 4. The minimum Gasteiger partial charge on any atom is -0.350 e. The Morgan fingerprint density at radius 2 is 1.63 bits per heavy atom. The Bertz CT molecular complexity index is 1560. The van der Waals surface area contributed by atoms with Gasteiger partial charge in [-0.3, -0.25) is 18.6 Å². The van der Waals surface area contributed by atoms with Gasteiger partial charge in [0.2, 0.25) is 5.78 Å². The predicted octanol–water partition coefficient (Wildman–Crippen LogP) is 4.52. The van der Waals surface area contributed by atoms with E-state index >= 15 is 0 Å². The number of hydrogen-bond acceptors (Lipinski definition) is 5. The Balaban J connectivity index is 1.68. The van der Waals surface area contributed by atoms with Crippen LogP contribution in [0.5, 0.6) is 0 Å². The van der Waals surface area contributed by atoms with Crippen LogP contribution < -0.4 is 10.9 Å². The second-order valence-corrected chi connectivity index (χ2v) is 9.57. The molecule has 5 rings (SSSR count). The molecule has 0 spiro atoms. The van der Waals surface area contributed by atoms with Crippen molar-refractivity contribution in [1.82, 2.24) is 24.5 Å². The first kappa shape index (κ1) is 22.9. The average molecular weight is 484 g/mol. The van der Waals surface area contributed by atoms with E-state index in [1.807, 2.05) is 66.8 Å². The summed E-state index contributed by atoms with van der Waals surface area (Å²) in [4.78, 5) is 26.3. The van der Waals surface area contributed by atoms with Crippen molar-refractivity contribution in [2.75, 3.05) is 0 Å². The Morgan fingerprint density at radius 3 is 2.31 bits per heavy atom. The van der Waals surface area contributed by atoms with E-state index in [0.717, 1.165) is 11.1 Å². The first-order valence-electron chi connectivity index (χ1n) is 11.4. The maximum Gasteiger partial charge on any atom is 0.263 e. The van der Waals surface area contributed by atoms with Gasteiger partial charge in [0.1, 0.15) is 0 Å². The van der Waals surface area contributed by atoms with E-state index in [0.29, 0.717) is 39.7 Å². The van der Waals surface area contributed by atoms with Gasteiger partial charge in [-0.15, -0.1) is 10.2 Å². The molecule has 0 saturated carbocycles. The topological polar surface area (TPSA) is 81.3 Å². The number of nitrogens with one attached hydrogen (secondary N) is 1. The summed E-state index contributed by atoms with van der Waals surface area (Å²) in [5.74, 6) is 0.965. The molecule has 7 nitrogen and oxygen atoms in total. The van der Waals surface area contributed by atoms with E-state index in [2.05, 4.69) is 27.6 Å². The molecule has 3 aromatic carbocycles. The lowest BCUT2D eigenvalue weighted by atomic mass is 10.1. The van der Waals surface area contributed by atoms with E-state index in [4.69, 9.17) is 0 Å². The fourth-order valence-electron chi connectivity index (χ4n) is 3.99. The van der Waals surface area contributed by atoms with Crippen LogP contribution >= 0.6 is 11.8 Å². The number of thioether (sulfide) groups is 1. The van der Waals surface area contributed by atoms with Gasteiger partial charge >= 0.3 is 0 Å². The smallest absolute Gasteiger partial charge is 0.263 e. The number of carbonyl (C=O) groups is 1. The number of fused-ring (bicyclic) bond motifs is 3. The number of carbonyl (C=O) groups excluding carboxylic acids is 1. The highest BCUT2D eigenvalue weighted by Crippen LogP contribution is 2.25. The first-order chi connectivity index (χ1) is 17.0. The van der Waals surface area contributed by atoms with Gasteiger partial charge in [0.05, 0.1) is 17.4 Å². The van der Waals surface area contributed by atoms with Crippen molar-refractivity contribution in [3.05, 3.63) is 106 Å². The van der Waals surface area contributed by atoms with Crippen molar-refractivity contribution in [1.29, 1.82) is 0 Å². The van der Waals surface area contributed by atoms with Crippen LogP contribution in [-0.2, 0) is 12.3 Å². The van der Waals surface area contributed by atoms with E-state index in [1.54, 1.807) is 34.5 Å². The van der Waals surface area contributed by atoms with Crippen molar-refractivity contribution in [2.24, 2.45) is 0 Å². The predicted molar refractivity (Wildman–Crippen MR) is 139 cm³/mol. The van der Waals surface area contributed by atoms with Gasteiger partial charge in [-0.05, 0) is 43.2 Å². The quantitative estimate of drug-likeness (QED) is 0.344. The fourth-order valence-corrected chi connectivity index (χ4v) is 4.89. The molecule has 0 bridgehead atoms. The van der Waals surface area contributed by atoms with Crippen LogP contribution in [0.4, 0.5) is 0 Å². The number of amides is 1. The van der Waals surface area contributed by atoms with Crippen molar-refractivity contribution in [3.63, 3.8) is 0 Å². The molecule has 0 aliphatic carbocycles. The standard InChI is InChI=1S/C27H25N5O2S/c1-18(2)28-24(33)21-13-14-22-23(15-21)32-26(31(25(22)34)16-19-9-5-3-6-10-19)29-30-27(32)35-17-20-11-7-4-8-12-20/h3-15,18H,16-17H2,1-2H3,(H,28,33). The van der Waals surface area contributed by atoms with Crippen LogP contribution in [0.25, 0.3) is 16.7 Å². The van der Waals surface area contributed by atoms with Crippen molar-refractivity contribution in [2.45, 2.75) is 37.3 Å². The SMILES string of the molecule is CC(C)NC(=O)c1ccc2c(=O)n(Cc3ccccc3)c3nnc(SCc4ccccc4)n3c2c1. The van der Waals surface area contributed by atoms with E-state index in [-0.39, 0.29) is 17.5 Å². The molecule has 0 unspecified atom stereocenters. The second-order valence-electron chi connectivity index (χ2n) is 8.63. The highest BCUT2D eigenvalue weighted by Gasteiger charge is 2.19. The normalized spacial score (nSPS) is 11.4. The molecule has 2 heterocycles. The molecule has 176 valence electrons. The maximum atomic E-state index is 13.6. The Labute approximate surface area is 206 Å². The molecule has 8 heteroatoms. The van der Waals surface area contributed by atoms with Crippen LogP contribution in [-0.4, -0.2) is 31.1 Å². The summed E-state index contributed by atoms with van der Waals surface area (Å²) in [7, 11) is 0. The van der Waals surface area contributed by atoms with E-state index in [1.165, 1.54) is 0 Å². The molecule has 0 radical (unpaired) electrons. The fraction of sp³-hybridized carbons (Fsp3) is 0.185. The first-order valence-corrected chi connectivity index (χ1v) is 12.4. The number of hydrogen-bond donors (Lipinski definition) is 1. The molecular weight excluding hydrogens is 458 g/mol. The lowest BCUT2D eigenvalue weighted by molar-refractivity contribution is 0.0943. The highest BCUT2D eigenvalue weighted by molar-refractivity contribution is 7.98. The van der Waals surface area contributed by atoms with Gasteiger partial charge in [-0.1, -0.05) is 72.4 Å². The molecule has 35 heavy (non-hydrogen) atoms. The molecule has 0 fully saturated rings. The van der Waals surface area contributed by atoms with Crippen LogP contribution in [0.2, 0.25) is 0 Å². The molecule has 0 saturated heterocycles. The Kier molecular flexibility index (Phi) is 6.37. The number of benzene rings is 3. The lowest BCUT2D eigenvalue weighted by Crippen LogP contribution is -2.30. The Morgan fingerprint density at radius 1 is 0.943 bits per heavy atom. The van der Waals surface area contributed by atoms with Crippen LogP contribution in [0.15, 0.2) is 88.8 Å². The van der Waals surface area contributed by atoms with Crippen LogP contribution in [0.1, 0.15) is 35.3 Å². The molecule has 0 aliphatic rings. The minimum absolute atomic E-state index is 0.00369. The van der Waals surface area contributed by atoms with Gasteiger partial charge < -0.3 is 5.32 Å². The third kappa shape index (κ3) is 4.70. The van der Waals surface area contributed by atoms with Gasteiger partial charge in [-0.2, -0.15) is 0 Å². The van der Waals surface area contributed by atoms with Crippen molar-refractivity contribution in [3.8, 4) is 0 Å². The largest absolute Gasteiger partial charge is 0.350 e. The zero-order valence-electron chi connectivity index (χ0n) is 19.5. The second kappa shape index (κ2) is 9.76. The van der Waals surface area contributed by atoms with Crippen LogP contribution in [0, 0.1) is 0 Å². The molecule has 0 aliphatic heterocycles. The van der Waals surface area contributed by atoms with Gasteiger partial charge in [-0.25, -0.2) is 0 Å². The van der Waals surface area contributed by atoms with Crippen molar-refractivity contribution >= 4 is 34.3 Å². The summed E-state index contributed by atoms with van der Waals surface area (Å²) >= 11 is 1.54. The van der Waals surface area contributed by atoms with Gasteiger partial charge in [0, 0.05) is 17.4 Å². The monoisotopic (exact) mass is 483 g/mol. The highest BCUT2D eigenvalue weighted by atomic mass is 32.2. The minimum atomic E-state index is -0.185. The molecule has 1 amide bonds. The summed E-state index contributed by atoms with van der Waals surface area (Å²) in [5, 5.41) is 12.9. The third-order valence-corrected chi connectivity index (χ3v) is 6.65. The van der Waals surface area contributed by atoms with E-state index in [9.17, 15) is 9.59 Å². The molecule has 2 aromatic heterocycles. The molecular formula is C27H25N5O2S. The summed E-state index contributed by atoms with van der Waals surface area (Å²) in [6, 6.07) is 25.1. The summed E-state index contributed by atoms with van der Waals surface area (Å²) in [6.07, 6.45) is 0. The Hall–Kier alpha value is -3.91. The van der Waals surface area contributed by atoms with E-state index < -0.39 is 0 Å². The summed E-state index contributed by atoms with van der Waals surface area (Å²) < 4.78 is 3.53. The summed E-state index contributed by atoms with van der Waals surface area (Å²) in [5.41, 5.74) is 3.09. The molecule has 0 atom stereocenters. The third-order valence-electron chi connectivity index (χ3n) is 5.65. The zero-order chi connectivity index (χ0) is 24.4. The summed E-state index contributed by atoms with van der Waals surface area (Å²) in [6.45, 7) is 4.20. The maximum absolute atomic E-state index is 13.6. The van der Waals surface area contributed by atoms with Crippen LogP contribution in [0.3, 0.4) is 0 Å². The molecule has 1 N–H and O–H groups in total. The average Bonchev–Trinajstić information content (AvgIpc) is 3.30.